The third-order valence-electron chi connectivity index (χ3n) is 4.32. The summed E-state index contributed by atoms with van der Waals surface area (Å²) in [5.74, 6) is 0.467. The van der Waals surface area contributed by atoms with E-state index in [1.54, 1.807) is 26.0 Å². The van der Waals surface area contributed by atoms with Gasteiger partial charge in [0.05, 0.1) is 11.5 Å². The molecule has 9 heteroatoms. The maximum absolute atomic E-state index is 12.2. The first-order chi connectivity index (χ1) is 14.2. The average Bonchev–Trinajstić information content (AvgIpc) is 2.71. The largest absolute Gasteiger partial charge is 0.374 e. The van der Waals surface area contributed by atoms with E-state index < -0.39 is 0 Å². The van der Waals surface area contributed by atoms with Gasteiger partial charge >= 0.3 is 6.03 Å². The predicted molar refractivity (Wildman–Crippen MR) is 123 cm³/mol. The maximum Gasteiger partial charge on any atom is 0.323 e. The number of hydrazone groups is 1. The summed E-state index contributed by atoms with van der Waals surface area (Å²) in [4.78, 5) is 12.2. The lowest BCUT2D eigenvalue weighted by Gasteiger charge is -2.14. The minimum atomic E-state index is -0.340. The number of nitrogens with one attached hydrogen (secondary N) is 6. The molecule has 1 unspecified atom stereocenters. The molecular formula is C21H28N8O. The highest BCUT2D eigenvalue weighted by Gasteiger charge is 2.07. The molecule has 0 aliphatic carbocycles. The van der Waals surface area contributed by atoms with Gasteiger partial charge in [-0.05, 0) is 55.2 Å². The summed E-state index contributed by atoms with van der Waals surface area (Å²) >= 11 is 0. The van der Waals surface area contributed by atoms with E-state index in [1.807, 2.05) is 36.4 Å². The lowest BCUT2D eigenvalue weighted by molar-refractivity contribution is 0.262. The van der Waals surface area contributed by atoms with Crippen LogP contribution in [0.4, 0.5) is 16.2 Å². The van der Waals surface area contributed by atoms with Gasteiger partial charge in [-0.15, -0.1) is 0 Å². The van der Waals surface area contributed by atoms with Crippen molar-refractivity contribution >= 4 is 34.9 Å². The number of carbonyl (C=O) groups is 1. The van der Waals surface area contributed by atoms with Crippen molar-refractivity contribution < 1.29 is 4.79 Å². The number of rotatable bonds is 7. The third-order valence-corrected chi connectivity index (χ3v) is 4.32. The first-order valence-corrected chi connectivity index (χ1v) is 9.46. The first kappa shape index (κ1) is 22.4. The van der Waals surface area contributed by atoms with Crippen LogP contribution in [0.25, 0.3) is 0 Å². The van der Waals surface area contributed by atoms with Gasteiger partial charge in [0, 0.05) is 17.9 Å². The molecule has 8 N–H and O–H groups in total. The fourth-order valence-electron chi connectivity index (χ4n) is 2.62. The molecule has 2 aromatic carbocycles. The normalized spacial score (nSPS) is 11.9. The second kappa shape index (κ2) is 10.6. The van der Waals surface area contributed by atoms with Gasteiger partial charge in [0.2, 0.25) is 5.96 Å². The van der Waals surface area contributed by atoms with E-state index in [1.165, 1.54) is 0 Å². The first-order valence-electron chi connectivity index (χ1n) is 9.46. The number of urea groups is 1. The third kappa shape index (κ3) is 7.27. The van der Waals surface area contributed by atoms with Crippen molar-refractivity contribution in [3.63, 3.8) is 0 Å². The van der Waals surface area contributed by atoms with Crippen molar-refractivity contribution in [3.05, 3.63) is 59.7 Å². The molecule has 0 bridgehead atoms. The summed E-state index contributed by atoms with van der Waals surface area (Å²) in [6, 6.07) is 14.5. The zero-order valence-corrected chi connectivity index (χ0v) is 17.3. The number of hydrogen-bond donors (Lipinski definition) is 7. The molecule has 0 heterocycles. The van der Waals surface area contributed by atoms with Crippen LogP contribution in [0.3, 0.4) is 0 Å². The van der Waals surface area contributed by atoms with E-state index in [0.717, 1.165) is 11.1 Å². The molecule has 30 heavy (non-hydrogen) atoms. The lowest BCUT2D eigenvalue weighted by Crippen LogP contribution is -2.26. The number of guanidine groups is 1. The molecule has 0 spiro atoms. The Morgan fingerprint density at radius 2 is 1.53 bits per heavy atom. The van der Waals surface area contributed by atoms with Crippen molar-refractivity contribution in [1.29, 1.82) is 10.8 Å². The number of nitrogens with zero attached hydrogens (tertiary/aromatic N) is 1. The molecular weight excluding hydrogens is 380 g/mol. The summed E-state index contributed by atoms with van der Waals surface area (Å²) in [6.07, 6.45) is 0. The van der Waals surface area contributed by atoms with Gasteiger partial charge in [0.25, 0.3) is 0 Å². The molecule has 9 nitrogen and oxygen atoms in total. The van der Waals surface area contributed by atoms with E-state index in [2.05, 4.69) is 33.4 Å². The van der Waals surface area contributed by atoms with E-state index in [0.29, 0.717) is 29.5 Å². The second-order valence-electron chi connectivity index (χ2n) is 6.91. The molecule has 0 aliphatic heterocycles. The molecule has 0 fully saturated rings. The van der Waals surface area contributed by atoms with E-state index in [-0.39, 0.29) is 17.9 Å². The smallest absolute Gasteiger partial charge is 0.323 e. The molecule has 2 aromatic rings. The molecule has 1 atom stereocenters. The Kier molecular flexibility index (Phi) is 7.92. The molecule has 0 aromatic heterocycles. The van der Waals surface area contributed by atoms with Crippen LogP contribution in [0.2, 0.25) is 0 Å². The monoisotopic (exact) mass is 408 g/mol. The number of anilines is 2. The van der Waals surface area contributed by atoms with Crippen LogP contribution in [-0.2, 0) is 0 Å². The highest BCUT2D eigenvalue weighted by molar-refractivity contribution is 6.01. The molecule has 0 saturated heterocycles. The molecule has 2 rings (SSSR count). The Hall–Kier alpha value is -3.88. The van der Waals surface area contributed by atoms with Crippen LogP contribution in [0.15, 0.2) is 53.6 Å². The summed E-state index contributed by atoms with van der Waals surface area (Å²) in [6.45, 7) is 6.27. The topological polar surface area (TPSA) is 151 Å². The highest BCUT2D eigenvalue weighted by Crippen LogP contribution is 2.18. The van der Waals surface area contributed by atoms with Crippen molar-refractivity contribution in [2.24, 2.45) is 10.8 Å². The van der Waals surface area contributed by atoms with E-state index in [9.17, 15) is 4.79 Å². The summed E-state index contributed by atoms with van der Waals surface area (Å²) in [5.41, 5.74) is 11.6. The number of benzene rings is 2. The van der Waals surface area contributed by atoms with Gasteiger partial charge in [-0.3, -0.25) is 10.8 Å². The Morgan fingerprint density at radius 3 is 2.03 bits per heavy atom. The summed E-state index contributed by atoms with van der Waals surface area (Å²) < 4.78 is 0. The Bertz CT molecular complexity index is 919. The number of amidine groups is 1. The fourth-order valence-corrected chi connectivity index (χ4v) is 2.62. The van der Waals surface area contributed by atoms with Gasteiger partial charge in [-0.1, -0.05) is 31.2 Å². The van der Waals surface area contributed by atoms with Crippen molar-refractivity contribution in [2.75, 3.05) is 17.2 Å². The van der Waals surface area contributed by atoms with Crippen LogP contribution in [0.1, 0.15) is 37.8 Å². The van der Waals surface area contributed by atoms with Crippen molar-refractivity contribution in [1.82, 2.24) is 10.7 Å². The molecule has 2 amide bonds. The maximum atomic E-state index is 12.2. The Labute approximate surface area is 176 Å². The minimum absolute atomic E-state index is 0.232. The highest BCUT2D eigenvalue weighted by atomic mass is 16.2. The van der Waals surface area contributed by atoms with Crippen molar-refractivity contribution in [2.45, 2.75) is 26.7 Å². The number of hydrogen-bond acceptors (Lipinski definition) is 4. The van der Waals surface area contributed by atoms with Gasteiger partial charge in [0.15, 0.2) is 0 Å². The lowest BCUT2D eigenvalue weighted by atomic mass is 10.0. The number of nitrogens with two attached hydrogens (primary N) is 1. The predicted octanol–water partition coefficient (Wildman–Crippen LogP) is 3.23. The molecule has 0 saturated carbocycles. The Balaban J connectivity index is 1.90. The van der Waals surface area contributed by atoms with Crippen LogP contribution in [0.5, 0.6) is 0 Å². The molecule has 158 valence electrons. The quantitative estimate of drug-likeness (QED) is 0.214. The van der Waals surface area contributed by atoms with Gasteiger partial charge in [-0.25, -0.2) is 10.2 Å². The Morgan fingerprint density at radius 1 is 1.00 bits per heavy atom. The minimum Gasteiger partial charge on any atom is -0.374 e. The van der Waals surface area contributed by atoms with Crippen LogP contribution in [-0.4, -0.2) is 30.1 Å². The van der Waals surface area contributed by atoms with Gasteiger partial charge < -0.3 is 21.7 Å². The average molecular weight is 409 g/mol. The van der Waals surface area contributed by atoms with Crippen LogP contribution >= 0.6 is 0 Å². The fraction of sp³-hybridized carbons (Fsp3) is 0.238. The van der Waals surface area contributed by atoms with E-state index >= 15 is 0 Å². The van der Waals surface area contributed by atoms with Gasteiger partial charge in [-0.2, -0.15) is 5.10 Å². The zero-order chi connectivity index (χ0) is 22.1. The van der Waals surface area contributed by atoms with Gasteiger partial charge in [0.1, 0.15) is 0 Å². The SMILES string of the molecule is CC(=N)NCC(C)c1ccc(NC(=O)Nc2ccc(C(C)=NNC(=N)N)cc2)cc1. The molecule has 0 aliphatic rings. The zero-order valence-electron chi connectivity index (χ0n) is 17.3. The van der Waals surface area contributed by atoms with Crippen LogP contribution in [0, 0.1) is 10.8 Å². The number of amides is 2. The molecule has 0 radical (unpaired) electrons. The second-order valence-corrected chi connectivity index (χ2v) is 6.91. The standard InChI is InChI=1S/C21H28N8O/c1-13(12-25-15(3)22)16-4-8-18(9-5-16)26-21(30)27-19-10-6-17(7-11-19)14(2)28-29-20(23)24/h4-11,13H,12H2,1-3H3,(H2,22,25)(H4,23,24,29)(H2,26,27,30). The summed E-state index contributed by atoms with van der Waals surface area (Å²) in [7, 11) is 0. The number of carbonyl (C=O) groups excluding carboxylic acids is 1. The van der Waals surface area contributed by atoms with Crippen molar-refractivity contribution in [3.8, 4) is 0 Å². The van der Waals surface area contributed by atoms with Crippen LogP contribution < -0.4 is 27.1 Å². The van der Waals surface area contributed by atoms with E-state index in [4.69, 9.17) is 16.6 Å². The summed E-state index contributed by atoms with van der Waals surface area (Å²) in [5, 5.41) is 27.1.